The van der Waals surface area contributed by atoms with Crippen molar-refractivity contribution in [3.05, 3.63) is 176 Å². The summed E-state index contributed by atoms with van der Waals surface area (Å²) in [5.41, 5.74) is 26.6. The van der Waals surface area contributed by atoms with Crippen LogP contribution in [0.3, 0.4) is 0 Å². The molecule has 2 heterocycles. The summed E-state index contributed by atoms with van der Waals surface area (Å²) >= 11 is 0. The van der Waals surface area contributed by atoms with E-state index in [0.717, 1.165) is 5.69 Å². The first kappa shape index (κ1) is 38.9. The lowest BCUT2D eigenvalue weighted by Crippen LogP contribution is -2.48. The maximum absolute atomic E-state index is 2.58. The molecule has 11 aromatic rings. The van der Waals surface area contributed by atoms with Crippen molar-refractivity contribution in [1.82, 2.24) is 9.13 Å². The van der Waals surface area contributed by atoms with Crippen LogP contribution in [0.15, 0.2) is 176 Å². The zero-order valence-corrected chi connectivity index (χ0v) is 37.1. The van der Waals surface area contributed by atoms with E-state index in [1.807, 2.05) is 0 Å². The quantitative estimate of drug-likeness (QED) is 0.229. The molecule has 0 fully saturated rings. The Morgan fingerprint density at radius 1 is 0.270 bits per heavy atom. The average molecular weight is 796 g/mol. The second kappa shape index (κ2) is 15.1. The third-order valence-corrected chi connectivity index (χ3v) is 14.2. The summed E-state index contributed by atoms with van der Waals surface area (Å²) in [5, 5.41) is 5.22. The maximum atomic E-state index is 2.58. The van der Waals surface area contributed by atoms with Gasteiger partial charge in [-0.05, 0) is 98.4 Å². The van der Waals surface area contributed by atoms with E-state index in [0.29, 0.717) is 0 Å². The van der Waals surface area contributed by atoms with Crippen LogP contribution in [0.5, 0.6) is 0 Å². The molecule has 9 heteroatoms. The molecule has 0 spiro atoms. The van der Waals surface area contributed by atoms with Crippen LogP contribution >= 0.6 is 0 Å². The molecule has 0 unspecified atom stereocenters. The predicted octanol–water partition coefficient (Wildman–Crippen LogP) is 2.36. The summed E-state index contributed by atoms with van der Waals surface area (Å²) in [6, 6.07) is 64.5. The summed E-state index contributed by atoms with van der Waals surface area (Å²) in [6.45, 7) is 0. The Morgan fingerprint density at radius 2 is 0.762 bits per heavy atom. The monoisotopic (exact) mass is 796 g/mol. The van der Waals surface area contributed by atoms with Gasteiger partial charge in [-0.1, -0.05) is 160 Å². The average Bonchev–Trinajstić information content (AvgIpc) is 3.87. The second-order valence-corrected chi connectivity index (χ2v) is 17.5. The molecule has 0 atom stereocenters. The summed E-state index contributed by atoms with van der Waals surface area (Å²) < 4.78 is 5.02. The lowest BCUT2D eigenvalue weighted by molar-refractivity contribution is 1.18. The van der Waals surface area contributed by atoms with Crippen LogP contribution in [0.4, 0.5) is 0 Å². The van der Waals surface area contributed by atoms with Crippen LogP contribution in [-0.4, -0.2) is 64.1 Å². The number of benzene rings is 9. The van der Waals surface area contributed by atoms with Crippen LogP contribution in [-0.2, 0) is 0 Å². The molecule has 0 aliphatic heterocycles. The molecule has 290 valence electrons. The Hall–Kier alpha value is -6.97. The highest BCUT2D eigenvalue weighted by Gasteiger charge is 2.25. The molecular formula is C54H43B7N2. The molecule has 0 radical (unpaired) electrons. The highest BCUT2D eigenvalue weighted by atomic mass is 15.0. The molecule has 0 saturated carbocycles. The van der Waals surface area contributed by atoms with Gasteiger partial charge in [-0.3, -0.25) is 0 Å². The smallest absolute Gasteiger partial charge is 0.141 e. The Balaban J connectivity index is 1.15. The summed E-state index contributed by atoms with van der Waals surface area (Å²) in [7, 11) is 16.3. The summed E-state index contributed by atoms with van der Waals surface area (Å²) in [5.74, 6) is 0. The summed E-state index contributed by atoms with van der Waals surface area (Å²) in [4.78, 5) is 0. The van der Waals surface area contributed by atoms with Crippen LogP contribution in [0.25, 0.3) is 99.5 Å². The van der Waals surface area contributed by atoms with Crippen molar-refractivity contribution in [2.45, 2.75) is 0 Å². The minimum atomic E-state index is 1.16. The minimum Gasteiger partial charge on any atom is -0.310 e. The third-order valence-electron chi connectivity index (χ3n) is 14.2. The molecule has 0 amide bonds. The van der Waals surface area contributed by atoms with E-state index in [4.69, 9.17) is 0 Å². The molecule has 2 nitrogen and oxygen atoms in total. The van der Waals surface area contributed by atoms with Crippen LogP contribution in [0.2, 0.25) is 0 Å². The molecular weight excluding hydrogens is 752 g/mol. The number of para-hydroxylation sites is 1. The van der Waals surface area contributed by atoms with Crippen molar-refractivity contribution in [3.8, 4) is 55.9 Å². The first-order valence-electron chi connectivity index (χ1n) is 22.2. The van der Waals surface area contributed by atoms with Gasteiger partial charge in [0.05, 0.1) is 11.0 Å². The van der Waals surface area contributed by atoms with Gasteiger partial charge in [0.25, 0.3) is 0 Å². The minimum absolute atomic E-state index is 1.16. The van der Waals surface area contributed by atoms with Gasteiger partial charge in [0, 0.05) is 38.6 Å². The van der Waals surface area contributed by atoms with Crippen LogP contribution in [0, 0.1) is 0 Å². The normalized spacial score (nSPS) is 11.6. The Bertz CT molecular complexity index is 3630. The predicted molar refractivity (Wildman–Crippen MR) is 294 cm³/mol. The van der Waals surface area contributed by atoms with Gasteiger partial charge in [-0.2, -0.15) is 0 Å². The number of hydrogen-bond donors (Lipinski definition) is 0. The largest absolute Gasteiger partial charge is 0.310 e. The van der Waals surface area contributed by atoms with E-state index in [-0.39, 0.29) is 0 Å². The van der Waals surface area contributed by atoms with E-state index >= 15 is 0 Å². The number of nitrogens with zero attached hydrogens (tertiary/aromatic N) is 2. The van der Waals surface area contributed by atoms with Crippen molar-refractivity contribution in [1.29, 1.82) is 0 Å². The Kier molecular flexibility index (Phi) is 9.35. The second-order valence-electron chi connectivity index (χ2n) is 17.5. The molecule has 0 saturated heterocycles. The van der Waals surface area contributed by atoms with Crippen molar-refractivity contribution in [2.75, 3.05) is 0 Å². The van der Waals surface area contributed by atoms with Crippen LogP contribution < -0.4 is 38.2 Å². The van der Waals surface area contributed by atoms with E-state index in [2.05, 4.69) is 240 Å². The number of hydrogen-bond acceptors (Lipinski definition) is 0. The standard InChI is InChI=1S/C54H43B7N2/c55-46-43(47(56)51(60)53-44(46)45-48(57)49(58)50(59)52(61)54(45)63(53)38-21-11-18-34(27-38)31-14-6-2-7-15-31)36-23-25-41-40(28-36)39-24-22-35(29-42(39)62(41)37-19-8-3-9-20-37)33-17-10-16-32(26-33)30-12-4-1-5-13-30/h1-29H,55-61H2. The first-order chi connectivity index (χ1) is 30.7. The zero-order chi connectivity index (χ0) is 43.1. The van der Waals surface area contributed by atoms with Gasteiger partial charge in [-0.25, -0.2) is 0 Å². The molecule has 11 rings (SSSR count). The lowest BCUT2D eigenvalue weighted by Gasteiger charge is -2.19. The number of aromatic nitrogens is 2. The number of rotatable bonds is 6. The Morgan fingerprint density at radius 3 is 1.43 bits per heavy atom. The molecule has 0 aliphatic rings. The van der Waals surface area contributed by atoms with E-state index in [9.17, 15) is 0 Å². The molecule has 0 aliphatic carbocycles. The third kappa shape index (κ3) is 6.12. The van der Waals surface area contributed by atoms with Gasteiger partial charge in [0.2, 0.25) is 0 Å². The molecule has 9 aromatic carbocycles. The van der Waals surface area contributed by atoms with Gasteiger partial charge in [0.1, 0.15) is 54.9 Å². The van der Waals surface area contributed by atoms with Crippen molar-refractivity contribution in [2.24, 2.45) is 0 Å². The fourth-order valence-corrected chi connectivity index (χ4v) is 10.6. The summed E-state index contributed by atoms with van der Waals surface area (Å²) in [6.07, 6.45) is 0. The fourth-order valence-electron chi connectivity index (χ4n) is 10.6. The topological polar surface area (TPSA) is 9.86 Å². The van der Waals surface area contributed by atoms with Gasteiger partial charge in [-0.15, -0.1) is 5.46 Å². The van der Waals surface area contributed by atoms with E-state index in [1.54, 1.807) is 0 Å². The highest BCUT2D eigenvalue weighted by Crippen LogP contribution is 2.38. The molecule has 63 heavy (non-hydrogen) atoms. The zero-order valence-electron chi connectivity index (χ0n) is 37.1. The first-order valence-corrected chi connectivity index (χ1v) is 22.2. The SMILES string of the molecule is Bc1c(B)c(B)c2c(c1B)c1c(B)c(-c3ccc4c(c3)c3ccc(-c5cccc(-c6ccccc6)c5)cc3n4-c3ccccc3)c(B)c(B)c1n2-c1cccc(-c2ccccc2)c1. The lowest BCUT2D eigenvalue weighted by atomic mass is 9.64. The van der Waals surface area contributed by atoms with Gasteiger partial charge < -0.3 is 9.13 Å². The van der Waals surface area contributed by atoms with Gasteiger partial charge in [0.15, 0.2) is 0 Å². The molecule has 0 bridgehead atoms. The number of fused-ring (bicyclic) bond motifs is 6. The maximum Gasteiger partial charge on any atom is 0.141 e. The fraction of sp³-hybridized carbons (Fsp3) is 0. The van der Waals surface area contributed by atoms with E-state index in [1.165, 1.54) is 132 Å². The highest BCUT2D eigenvalue weighted by molar-refractivity contribution is 6.69. The Labute approximate surface area is 375 Å². The van der Waals surface area contributed by atoms with Crippen LogP contribution in [0.1, 0.15) is 0 Å². The van der Waals surface area contributed by atoms with Crippen molar-refractivity contribution in [3.63, 3.8) is 0 Å². The molecule has 2 aromatic heterocycles. The van der Waals surface area contributed by atoms with Crippen molar-refractivity contribution < 1.29 is 0 Å². The van der Waals surface area contributed by atoms with Crippen molar-refractivity contribution >= 4 is 137 Å². The molecule has 0 N–H and O–H groups in total. The van der Waals surface area contributed by atoms with E-state index < -0.39 is 0 Å². The van der Waals surface area contributed by atoms with Gasteiger partial charge >= 0.3 is 0 Å².